The summed E-state index contributed by atoms with van der Waals surface area (Å²) < 4.78 is 0. The van der Waals surface area contributed by atoms with Gasteiger partial charge >= 0.3 is 0 Å². The van der Waals surface area contributed by atoms with Gasteiger partial charge in [0.15, 0.2) is 0 Å². The molecule has 0 rings (SSSR count). The number of isocyanates is 2. The average Bonchev–Trinajstić information content (AvgIpc) is 2.00. The van der Waals surface area contributed by atoms with Crippen LogP contribution in [0.2, 0.25) is 0 Å². The van der Waals surface area contributed by atoms with Crippen molar-refractivity contribution in [2.24, 2.45) is 15.9 Å². The van der Waals surface area contributed by atoms with Crippen molar-refractivity contribution in [3.8, 4) is 0 Å². The van der Waals surface area contributed by atoms with Gasteiger partial charge in [0.05, 0.1) is 12.6 Å². The first-order valence-electron chi connectivity index (χ1n) is 3.16. The Bertz CT molecular complexity index is 202. The largest absolute Gasteiger partial charge is 0.235 e. The monoisotopic (exact) mass is 153 g/mol. The number of hydrogen-bond donors (Lipinski definition) is 0. The quantitative estimate of drug-likeness (QED) is 0.436. The third kappa shape index (κ3) is 4.20. The molecule has 2 unspecified atom stereocenters. The summed E-state index contributed by atoms with van der Waals surface area (Å²) in [6.07, 6.45) is 2.81. The molecule has 0 aromatic rings. The van der Waals surface area contributed by atoms with Crippen LogP contribution in [0.25, 0.3) is 0 Å². The van der Waals surface area contributed by atoms with E-state index in [0.717, 1.165) is 0 Å². The molecule has 59 valence electrons. The molecule has 0 amide bonds. The van der Waals surface area contributed by atoms with E-state index >= 15 is 0 Å². The van der Waals surface area contributed by atoms with Gasteiger partial charge in [0, 0.05) is 5.92 Å². The topological polar surface area (TPSA) is 58.9 Å². The van der Waals surface area contributed by atoms with Crippen LogP contribution >= 0.6 is 0 Å². The summed E-state index contributed by atoms with van der Waals surface area (Å²) in [4.78, 5) is 26.2. The molecular formula is C7H9N2O2. The summed E-state index contributed by atoms with van der Waals surface area (Å²) in [5.74, 6) is -0.169. The van der Waals surface area contributed by atoms with Gasteiger partial charge in [-0.3, -0.25) is 0 Å². The SMILES string of the molecule is [CH2]C(CN=C=O)C(C)N=C=O. The third-order valence-corrected chi connectivity index (χ3v) is 1.33. The van der Waals surface area contributed by atoms with Gasteiger partial charge in [-0.15, -0.1) is 0 Å². The first-order valence-corrected chi connectivity index (χ1v) is 3.16. The van der Waals surface area contributed by atoms with E-state index in [4.69, 9.17) is 0 Å². The summed E-state index contributed by atoms with van der Waals surface area (Å²) in [5, 5.41) is 0. The van der Waals surface area contributed by atoms with Gasteiger partial charge in [-0.1, -0.05) is 0 Å². The molecule has 0 aliphatic heterocycles. The van der Waals surface area contributed by atoms with Crippen molar-refractivity contribution >= 4 is 12.2 Å². The minimum Gasteiger partial charge on any atom is -0.211 e. The molecule has 0 bridgehead atoms. The van der Waals surface area contributed by atoms with E-state index in [9.17, 15) is 9.59 Å². The Morgan fingerprint density at radius 1 is 1.45 bits per heavy atom. The number of nitrogens with zero attached hydrogens (tertiary/aromatic N) is 2. The zero-order valence-corrected chi connectivity index (χ0v) is 6.28. The Balaban J connectivity index is 3.90. The Hall–Kier alpha value is -1.24. The van der Waals surface area contributed by atoms with Gasteiger partial charge in [-0.05, 0) is 13.8 Å². The van der Waals surface area contributed by atoms with E-state index in [1.54, 1.807) is 6.92 Å². The molecule has 0 aliphatic rings. The molecule has 2 atom stereocenters. The van der Waals surface area contributed by atoms with Crippen molar-refractivity contribution < 1.29 is 9.59 Å². The summed E-state index contributed by atoms with van der Waals surface area (Å²) in [5.41, 5.74) is 0. The third-order valence-electron chi connectivity index (χ3n) is 1.33. The summed E-state index contributed by atoms with van der Waals surface area (Å²) in [6.45, 7) is 5.61. The van der Waals surface area contributed by atoms with Gasteiger partial charge in [0.1, 0.15) is 0 Å². The molecule has 0 saturated carbocycles. The highest BCUT2D eigenvalue weighted by atomic mass is 16.1. The smallest absolute Gasteiger partial charge is 0.211 e. The lowest BCUT2D eigenvalue weighted by Crippen LogP contribution is -2.14. The summed E-state index contributed by atoms with van der Waals surface area (Å²) >= 11 is 0. The zero-order chi connectivity index (χ0) is 8.69. The van der Waals surface area contributed by atoms with Gasteiger partial charge in [-0.25, -0.2) is 19.6 Å². The van der Waals surface area contributed by atoms with Crippen LogP contribution in [-0.2, 0) is 9.59 Å². The van der Waals surface area contributed by atoms with Crippen LogP contribution in [0.4, 0.5) is 0 Å². The Kier molecular flexibility index (Phi) is 4.91. The van der Waals surface area contributed by atoms with Crippen LogP contribution in [-0.4, -0.2) is 24.7 Å². The molecule has 0 heterocycles. The van der Waals surface area contributed by atoms with Crippen LogP contribution in [0.15, 0.2) is 9.98 Å². The Labute approximate surface area is 65.0 Å². The number of hydrogen-bond acceptors (Lipinski definition) is 4. The maximum Gasteiger partial charge on any atom is 0.235 e. The van der Waals surface area contributed by atoms with Crippen molar-refractivity contribution in [3.63, 3.8) is 0 Å². The zero-order valence-electron chi connectivity index (χ0n) is 6.28. The van der Waals surface area contributed by atoms with Gasteiger partial charge < -0.3 is 0 Å². The molecule has 0 fully saturated rings. The molecule has 0 aliphatic carbocycles. The van der Waals surface area contributed by atoms with Crippen molar-refractivity contribution in [1.29, 1.82) is 0 Å². The molecule has 4 heteroatoms. The molecule has 0 N–H and O–H groups in total. The Morgan fingerprint density at radius 3 is 2.55 bits per heavy atom. The van der Waals surface area contributed by atoms with Crippen molar-refractivity contribution in [1.82, 2.24) is 0 Å². The molecule has 11 heavy (non-hydrogen) atoms. The highest BCUT2D eigenvalue weighted by Gasteiger charge is 2.09. The van der Waals surface area contributed by atoms with Gasteiger partial charge in [0.2, 0.25) is 12.2 Å². The van der Waals surface area contributed by atoms with E-state index in [0.29, 0.717) is 0 Å². The van der Waals surface area contributed by atoms with Gasteiger partial charge in [-0.2, -0.15) is 0 Å². The van der Waals surface area contributed by atoms with Crippen molar-refractivity contribution in [2.45, 2.75) is 13.0 Å². The predicted molar refractivity (Wildman–Crippen MR) is 39.4 cm³/mol. The van der Waals surface area contributed by atoms with E-state index < -0.39 is 0 Å². The van der Waals surface area contributed by atoms with Crippen LogP contribution in [0.1, 0.15) is 6.92 Å². The van der Waals surface area contributed by atoms with Crippen LogP contribution < -0.4 is 0 Å². The number of aliphatic imine (C=N–C) groups is 2. The lowest BCUT2D eigenvalue weighted by atomic mass is 10.1. The molecule has 0 aromatic carbocycles. The highest BCUT2D eigenvalue weighted by Crippen LogP contribution is 2.04. The summed E-state index contributed by atoms with van der Waals surface area (Å²) in [7, 11) is 0. The molecule has 1 radical (unpaired) electrons. The molecular weight excluding hydrogens is 144 g/mol. The first kappa shape index (κ1) is 9.76. The summed E-state index contributed by atoms with van der Waals surface area (Å²) in [6, 6.07) is -0.246. The van der Waals surface area contributed by atoms with Crippen LogP contribution in [0.3, 0.4) is 0 Å². The van der Waals surface area contributed by atoms with Crippen molar-refractivity contribution in [3.05, 3.63) is 6.92 Å². The second-order valence-electron chi connectivity index (χ2n) is 2.15. The minimum atomic E-state index is -0.246. The Morgan fingerprint density at radius 2 is 2.09 bits per heavy atom. The fourth-order valence-corrected chi connectivity index (χ4v) is 0.496. The van der Waals surface area contributed by atoms with E-state index in [-0.39, 0.29) is 18.5 Å². The molecule has 0 saturated heterocycles. The average molecular weight is 153 g/mol. The number of carbonyl (C=O) groups excluding carboxylic acids is 2. The molecule has 4 nitrogen and oxygen atoms in total. The highest BCUT2D eigenvalue weighted by molar-refractivity contribution is 5.34. The fraction of sp³-hybridized carbons (Fsp3) is 0.571. The standard InChI is InChI=1S/C7H9N2O2/c1-6(3-8-4-10)7(2)9-5-11/h6-7H,1,3H2,2H3. The van der Waals surface area contributed by atoms with Gasteiger partial charge in [0.25, 0.3) is 0 Å². The second-order valence-corrected chi connectivity index (χ2v) is 2.15. The van der Waals surface area contributed by atoms with E-state index in [1.807, 2.05) is 0 Å². The lowest BCUT2D eigenvalue weighted by molar-refractivity contribution is 0.518. The van der Waals surface area contributed by atoms with Crippen molar-refractivity contribution in [2.75, 3.05) is 6.54 Å². The first-order chi connectivity index (χ1) is 5.22. The number of rotatable bonds is 4. The maximum atomic E-state index is 9.77. The maximum absolute atomic E-state index is 9.77. The fourth-order valence-electron chi connectivity index (χ4n) is 0.496. The van der Waals surface area contributed by atoms with Crippen LogP contribution in [0.5, 0.6) is 0 Å². The minimum absolute atomic E-state index is 0.169. The predicted octanol–water partition coefficient (Wildman–Crippen LogP) is 0.497. The van der Waals surface area contributed by atoms with E-state index in [2.05, 4.69) is 16.9 Å². The normalized spacial score (nSPS) is 14.0. The van der Waals surface area contributed by atoms with Crippen LogP contribution in [0, 0.1) is 12.8 Å². The second kappa shape index (κ2) is 5.54. The molecule has 0 spiro atoms. The molecule has 0 aromatic heterocycles. The lowest BCUT2D eigenvalue weighted by Gasteiger charge is -2.09. The van der Waals surface area contributed by atoms with E-state index in [1.165, 1.54) is 12.2 Å².